The van der Waals surface area contributed by atoms with Crippen LogP contribution in [0.4, 0.5) is 19.0 Å². The largest absolute Gasteiger partial charge is 0.406 e. The summed E-state index contributed by atoms with van der Waals surface area (Å²) in [5.74, 6) is 0.718. The summed E-state index contributed by atoms with van der Waals surface area (Å²) in [5.41, 5.74) is 0.976. The first-order valence-corrected chi connectivity index (χ1v) is 9.72. The number of aryl methyl sites for hydroxylation is 1. The maximum atomic E-state index is 12.4. The molecule has 1 aromatic heterocycles. The van der Waals surface area contributed by atoms with Crippen molar-refractivity contribution in [2.45, 2.75) is 38.9 Å². The first-order valence-electron chi connectivity index (χ1n) is 9.72. The summed E-state index contributed by atoms with van der Waals surface area (Å²) in [4.78, 5) is 23.5. The molecular weight excluding hydrogens is 512 g/mol. The molecule has 7 nitrogen and oxygen atoms in total. The Bertz CT molecular complexity index is 708. The Morgan fingerprint density at radius 2 is 2.00 bits per heavy atom. The average Bonchev–Trinajstić information content (AvgIpc) is 2.65. The summed E-state index contributed by atoms with van der Waals surface area (Å²) in [7, 11) is 1.13. The molecule has 1 aromatic rings. The van der Waals surface area contributed by atoms with Gasteiger partial charge >= 0.3 is 6.18 Å². The highest BCUT2D eigenvalue weighted by Crippen LogP contribution is 2.18. The number of carbonyl (C=O) groups excluding carboxylic acids is 1. The predicted octanol–water partition coefficient (Wildman–Crippen LogP) is 2.55. The van der Waals surface area contributed by atoms with Gasteiger partial charge in [0.2, 0.25) is 5.91 Å². The van der Waals surface area contributed by atoms with E-state index in [4.69, 9.17) is 0 Å². The Morgan fingerprint density at radius 1 is 1.33 bits per heavy atom. The van der Waals surface area contributed by atoms with E-state index in [1.807, 2.05) is 32.0 Å². The number of alkyl halides is 3. The third kappa shape index (κ3) is 8.92. The van der Waals surface area contributed by atoms with Crippen LogP contribution in [-0.2, 0) is 4.79 Å². The molecule has 1 aliphatic heterocycles. The molecule has 30 heavy (non-hydrogen) atoms. The van der Waals surface area contributed by atoms with E-state index in [0.29, 0.717) is 17.4 Å². The number of hydrogen-bond donors (Lipinski definition) is 2. The zero-order valence-corrected chi connectivity index (χ0v) is 19.8. The Balaban J connectivity index is 0.00000450. The fourth-order valence-corrected chi connectivity index (χ4v) is 3.10. The van der Waals surface area contributed by atoms with E-state index in [9.17, 15) is 18.0 Å². The SMILES string of the molecule is CCNC(=NCC(=O)N(C)CC(F)(F)F)NC1CCN(c2cccc(C)n2)CC1.I. The number of aromatic nitrogens is 1. The number of hydrogen-bond acceptors (Lipinski definition) is 4. The van der Waals surface area contributed by atoms with Crippen LogP contribution in [0.1, 0.15) is 25.5 Å². The van der Waals surface area contributed by atoms with E-state index < -0.39 is 18.6 Å². The van der Waals surface area contributed by atoms with Crippen LogP contribution >= 0.6 is 24.0 Å². The van der Waals surface area contributed by atoms with Gasteiger partial charge in [0.1, 0.15) is 18.9 Å². The molecule has 1 amide bonds. The first-order chi connectivity index (χ1) is 13.7. The Kier molecular flexibility index (Phi) is 10.6. The minimum atomic E-state index is -4.42. The molecule has 0 bridgehead atoms. The van der Waals surface area contributed by atoms with Gasteiger partial charge < -0.3 is 20.4 Å². The van der Waals surface area contributed by atoms with Crippen LogP contribution in [0.5, 0.6) is 0 Å². The molecule has 0 aliphatic carbocycles. The highest BCUT2D eigenvalue weighted by molar-refractivity contribution is 14.0. The molecule has 2 N–H and O–H groups in total. The van der Waals surface area contributed by atoms with E-state index >= 15 is 0 Å². The van der Waals surface area contributed by atoms with Gasteiger partial charge in [-0.15, -0.1) is 24.0 Å². The maximum absolute atomic E-state index is 12.4. The molecule has 1 aliphatic rings. The third-order valence-electron chi connectivity index (χ3n) is 4.59. The lowest BCUT2D eigenvalue weighted by atomic mass is 10.1. The summed E-state index contributed by atoms with van der Waals surface area (Å²) in [6, 6.07) is 6.11. The molecule has 2 heterocycles. The monoisotopic (exact) mass is 542 g/mol. The predicted molar refractivity (Wildman–Crippen MR) is 122 cm³/mol. The summed E-state index contributed by atoms with van der Waals surface area (Å²) in [6.07, 6.45) is -2.69. The molecule has 0 aromatic carbocycles. The number of likely N-dealkylation sites (N-methyl/N-ethyl adjacent to an activating group) is 1. The van der Waals surface area contributed by atoms with Crippen molar-refractivity contribution in [3.8, 4) is 0 Å². The highest BCUT2D eigenvalue weighted by Gasteiger charge is 2.31. The van der Waals surface area contributed by atoms with E-state index in [1.165, 1.54) is 0 Å². The lowest BCUT2D eigenvalue weighted by Gasteiger charge is -2.34. The number of pyridine rings is 1. The van der Waals surface area contributed by atoms with Crippen LogP contribution in [-0.4, -0.2) is 73.7 Å². The molecule has 0 atom stereocenters. The lowest BCUT2D eigenvalue weighted by Crippen LogP contribution is -2.49. The van der Waals surface area contributed by atoms with Gasteiger partial charge in [0, 0.05) is 38.4 Å². The number of rotatable bonds is 6. The molecule has 0 spiro atoms. The van der Waals surface area contributed by atoms with E-state index in [2.05, 4.69) is 25.5 Å². The number of guanidine groups is 1. The van der Waals surface area contributed by atoms with Crippen molar-refractivity contribution in [1.82, 2.24) is 20.5 Å². The zero-order chi connectivity index (χ0) is 21.4. The van der Waals surface area contributed by atoms with Crippen LogP contribution < -0.4 is 15.5 Å². The van der Waals surface area contributed by atoms with Crippen LogP contribution in [0.2, 0.25) is 0 Å². The number of anilines is 1. The van der Waals surface area contributed by atoms with Gasteiger partial charge in [-0.25, -0.2) is 9.98 Å². The first kappa shape index (κ1) is 26.2. The molecule has 0 radical (unpaired) electrons. The van der Waals surface area contributed by atoms with Gasteiger partial charge in [0.25, 0.3) is 0 Å². The normalized spacial score (nSPS) is 15.4. The van der Waals surface area contributed by atoms with Crippen molar-refractivity contribution in [2.75, 3.05) is 44.7 Å². The lowest BCUT2D eigenvalue weighted by molar-refractivity contribution is -0.157. The van der Waals surface area contributed by atoms with E-state index in [1.54, 1.807) is 0 Å². The molecule has 1 fully saturated rings. The summed E-state index contributed by atoms with van der Waals surface area (Å²) < 4.78 is 37.2. The Morgan fingerprint density at radius 3 is 2.57 bits per heavy atom. The molecular formula is C19H30F3IN6O. The maximum Gasteiger partial charge on any atom is 0.406 e. The Labute approximate surface area is 192 Å². The van der Waals surface area contributed by atoms with Gasteiger partial charge in [-0.05, 0) is 38.8 Å². The Hall–Kier alpha value is -1.79. The van der Waals surface area contributed by atoms with Gasteiger partial charge in [0.05, 0.1) is 0 Å². The highest BCUT2D eigenvalue weighted by atomic mass is 127. The third-order valence-corrected chi connectivity index (χ3v) is 4.59. The van der Waals surface area contributed by atoms with Crippen LogP contribution in [0.25, 0.3) is 0 Å². The van der Waals surface area contributed by atoms with Crippen molar-refractivity contribution >= 4 is 41.7 Å². The smallest absolute Gasteiger partial charge is 0.357 e. The number of piperidine rings is 1. The molecule has 1 saturated heterocycles. The standard InChI is InChI=1S/C19H29F3N6O.HI/c1-4-23-18(24-12-17(29)27(3)13-19(20,21)22)26-15-8-10-28(11-9-15)16-7-5-6-14(2)25-16;/h5-7,15H,4,8-13H2,1-3H3,(H2,23,24,26);1H. The summed E-state index contributed by atoms with van der Waals surface area (Å²) >= 11 is 0. The molecule has 11 heteroatoms. The second-order valence-electron chi connectivity index (χ2n) is 7.10. The summed E-state index contributed by atoms with van der Waals surface area (Å²) in [6.45, 7) is 4.49. The fraction of sp³-hybridized carbons (Fsp3) is 0.632. The van der Waals surface area contributed by atoms with Crippen molar-refractivity contribution in [3.05, 3.63) is 23.9 Å². The van der Waals surface area contributed by atoms with Gasteiger partial charge in [-0.1, -0.05) is 6.07 Å². The average molecular weight is 542 g/mol. The van der Waals surface area contributed by atoms with Crippen molar-refractivity contribution < 1.29 is 18.0 Å². The van der Waals surface area contributed by atoms with Crippen LogP contribution in [0, 0.1) is 6.92 Å². The minimum absolute atomic E-state index is 0. The molecule has 0 saturated carbocycles. The second kappa shape index (κ2) is 12.2. The number of amides is 1. The van der Waals surface area contributed by atoms with Crippen LogP contribution in [0.15, 0.2) is 23.2 Å². The molecule has 170 valence electrons. The van der Waals surface area contributed by atoms with Crippen LogP contribution in [0.3, 0.4) is 0 Å². The van der Waals surface area contributed by atoms with Gasteiger partial charge in [-0.2, -0.15) is 13.2 Å². The number of halogens is 4. The number of nitrogens with one attached hydrogen (secondary N) is 2. The zero-order valence-electron chi connectivity index (χ0n) is 17.5. The number of nitrogens with zero attached hydrogens (tertiary/aromatic N) is 4. The van der Waals surface area contributed by atoms with Crippen molar-refractivity contribution in [3.63, 3.8) is 0 Å². The minimum Gasteiger partial charge on any atom is -0.357 e. The fourth-order valence-electron chi connectivity index (χ4n) is 3.10. The van der Waals surface area contributed by atoms with Gasteiger partial charge in [-0.3, -0.25) is 4.79 Å². The van der Waals surface area contributed by atoms with E-state index in [0.717, 1.165) is 44.5 Å². The van der Waals surface area contributed by atoms with Crippen molar-refractivity contribution in [2.24, 2.45) is 4.99 Å². The molecule has 0 unspecified atom stereocenters. The number of carbonyl (C=O) groups is 1. The van der Waals surface area contributed by atoms with Crippen molar-refractivity contribution in [1.29, 1.82) is 0 Å². The number of aliphatic imine (C=N–C) groups is 1. The van der Waals surface area contributed by atoms with E-state index in [-0.39, 0.29) is 36.6 Å². The summed E-state index contributed by atoms with van der Waals surface area (Å²) in [5, 5.41) is 6.32. The second-order valence-corrected chi connectivity index (χ2v) is 7.10. The van der Waals surface area contributed by atoms with Gasteiger partial charge in [0.15, 0.2) is 5.96 Å². The molecule has 2 rings (SSSR count). The topological polar surface area (TPSA) is 72.9 Å². The quantitative estimate of drug-likeness (QED) is 0.329.